The molecule has 6 rings (SSSR count). The standard InChI is InChI=1S/C37H46FN5O2.3ClH/c1-28-29(2)43(16-5-15-40-20-18-39(3)19-21-40)36-13-12-34(27-35(28)36)45-33-7-4-6-31(26-33)37(44)42-24-22-41(23-25-42)17-14-30-8-10-32(38)11-9-30;;;/h4,6-13,26-27H,5,14-25H2,1-3H3;3*1H. The minimum Gasteiger partial charge on any atom is -0.457 e. The monoisotopic (exact) mass is 719 g/mol. The lowest BCUT2D eigenvalue weighted by molar-refractivity contribution is 0.0638. The number of nitrogens with zero attached hydrogens (tertiary/aromatic N) is 5. The highest BCUT2D eigenvalue weighted by Gasteiger charge is 2.22. The van der Waals surface area contributed by atoms with Gasteiger partial charge in [-0.3, -0.25) is 9.69 Å². The maximum absolute atomic E-state index is 13.4. The molecular weight excluding hydrogens is 672 g/mol. The van der Waals surface area contributed by atoms with E-state index in [1.165, 1.54) is 34.3 Å². The summed E-state index contributed by atoms with van der Waals surface area (Å²) in [4.78, 5) is 22.7. The van der Waals surface area contributed by atoms with E-state index in [4.69, 9.17) is 4.74 Å². The van der Waals surface area contributed by atoms with Crippen LogP contribution in [0.4, 0.5) is 4.39 Å². The van der Waals surface area contributed by atoms with Crippen molar-refractivity contribution in [3.05, 3.63) is 94.9 Å². The zero-order chi connectivity index (χ0) is 31.3. The fourth-order valence-electron chi connectivity index (χ4n) is 6.63. The second kappa shape index (κ2) is 18.2. The molecule has 0 bridgehead atoms. The van der Waals surface area contributed by atoms with Gasteiger partial charge in [0.25, 0.3) is 5.91 Å². The van der Waals surface area contributed by atoms with Crippen LogP contribution in [0, 0.1) is 19.7 Å². The Kier molecular flexibility index (Phi) is 15.0. The molecule has 2 fully saturated rings. The molecule has 262 valence electrons. The van der Waals surface area contributed by atoms with Gasteiger partial charge in [0.05, 0.1) is 0 Å². The van der Waals surface area contributed by atoms with Crippen molar-refractivity contribution in [2.45, 2.75) is 33.2 Å². The molecule has 0 radical (unpaired) electrons. The number of carbonyl (C=O) groups is 1. The number of rotatable bonds is 10. The molecule has 11 heteroatoms. The summed E-state index contributed by atoms with van der Waals surface area (Å²) in [5, 5.41) is 1.22. The summed E-state index contributed by atoms with van der Waals surface area (Å²) in [5.41, 5.74) is 5.62. The van der Waals surface area contributed by atoms with Gasteiger partial charge < -0.3 is 24.0 Å². The van der Waals surface area contributed by atoms with Crippen molar-refractivity contribution < 1.29 is 13.9 Å². The van der Waals surface area contributed by atoms with Gasteiger partial charge in [-0.25, -0.2) is 4.39 Å². The smallest absolute Gasteiger partial charge is 0.254 e. The number of hydrogen-bond acceptors (Lipinski definition) is 5. The Labute approximate surface area is 303 Å². The minimum absolute atomic E-state index is 0. The Morgan fingerprint density at radius 3 is 2.10 bits per heavy atom. The van der Waals surface area contributed by atoms with Crippen LogP contribution in [-0.2, 0) is 13.0 Å². The number of halogens is 4. The highest BCUT2D eigenvalue weighted by atomic mass is 35.5. The van der Waals surface area contributed by atoms with Crippen LogP contribution in [0.15, 0.2) is 66.7 Å². The molecule has 2 aliphatic rings. The van der Waals surface area contributed by atoms with E-state index in [0.717, 1.165) is 83.1 Å². The molecule has 7 nitrogen and oxygen atoms in total. The van der Waals surface area contributed by atoms with Crippen LogP contribution in [0.25, 0.3) is 10.9 Å². The van der Waals surface area contributed by atoms with Gasteiger partial charge in [-0.2, -0.15) is 0 Å². The maximum Gasteiger partial charge on any atom is 0.254 e. The predicted molar refractivity (Wildman–Crippen MR) is 201 cm³/mol. The van der Waals surface area contributed by atoms with Gasteiger partial charge >= 0.3 is 0 Å². The molecule has 0 atom stereocenters. The van der Waals surface area contributed by atoms with Crippen LogP contribution in [0.5, 0.6) is 11.5 Å². The number of fused-ring (bicyclic) bond motifs is 1. The SMILES string of the molecule is Cc1c(C)n(CCCN2CCN(C)CC2)c2ccc(Oc3cccc(C(=O)N4CCN(CCc5ccc(F)cc5)CC4)c3)cc12.Cl.Cl.Cl. The Hall–Kier alpha value is -2.85. The third-order valence-electron chi connectivity index (χ3n) is 9.67. The van der Waals surface area contributed by atoms with Gasteiger partial charge in [-0.15, -0.1) is 37.2 Å². The van der Waals surface area contributed by atoms with Crippen molar-refractivity contribution >= 4 is 54.0 Å². The summed E-state index contributed by atoms with van der Waals surface area (Å²) in [5.74, 6) is 1.28. The van der Waals surface area contributed by atoms with Crippen molar-refractivity contribution in [3.8, 4) is 11.5 Å². The maximum atomic E-state index is 13.4. The van der Waals surface area contributed by atoms with Crippen molar-refractivity contribution in [1.82, 2.24) is 24.2 Å². The fraction of sp³-hybridized carbons (Fsp3) is 0.432. The summed E-state index contributed by atoms with van der Waals surface area (Å²) < 4.78 is 22.0. The number of ether oxygens (including phenoxy) is 1. The van der Waals surface area contributed by atoms with E-state index in [2.05, 4.69) is 52.3 Å². The normalized spacial score (nSPS) is 15.8. The fourth-order valence-corrected chi connectivity index (χ4v) is 6.63. The van der Waals surface area contributed by atoms with Crippen LogP contribution in [0.3, 0.4) is 0 Å². The zero-order valence-corrected chi connectivity index (χ0v) is 30.6. The van der Waals surface area contributed by atoms with Crippen LogP contribution >= 0.6 is 37.2 Å². The first-order valence-electron chi connectivity index (χ1n) is 16.4. The lowest BCUT2D eigenvalue weighted by Gasteiger charge is -2.34. The van der Waals surface area contributed by atoms with E-state index in [1.807, 2.05) is 47.4 Å². The average Bonchev–Trinajstić information content (AvgIpc) is 3.29. The molecule has 0 saturated carbocycles. The first kappa shape index (κ1) is 39.6. The Morgan fingerprint density at radius 2 is 1.40 bits per heavy atom. The second-order valence-corrected chi connectivity index (χ2v) is 12.7. The molecule has 2 aliphatic heterocycles. The molecule has 48 heavy (non-hydrogen) atoms. The molecule has 0 aliphatic carbocycles. The molecular formula is C37H49Cl3FN5O2. The Morgan fingerprint density at radius 1 is 0.750 bits per heavy atom. The highest BCUT2D eigenvalue weighted by Crippen LogP contribution is 2.31. The van der Waals surface area contributed by atoms with Crippen molar-refractivity contribution in [3.63, 3.8) is 0 Å². The lowest BCUT2D eigenvalue weighted by Crippen LogP contribution is -2.49. The summed E-state index contributed by atoms with van der Waals surface area (Å²) in [6, 6.07) is 20.6. The molecule has 0 unspecified atom stereocenters. The van der Waals surface area contributed by atoms with Gasteiger partial charge in [-0.1, -0.05) is 18.2 Å². The highest BCUT2D eigenvalue weighted by molar-refractivity contribution is 5.94. The van der Waals surface area contributed by atoms with E-state index in [9.17, 15) is 9.18 Å². The molecule has 3 heterocycles. The predicted octanol–water partition coefficient (Wildman–Crippen LogP) is 7.09. The lowest BCUT2D eigenvalue weighted by atomic mass is 10.1. The number of piperazine rings is 2. The molecule has 0 spiro atoms. The van der Waals surface area contributed by atoms with E-state index < -0.39 is 0 Å². The Balaban J connectivity index is 0.00000208. The van der Waals surface area contributed by atoms with E-state index in [0.29, 0.717) is 24.4 Å². The third-order valence-corrected chi connectivity index (χ3v) is 9.67. The van der Waals surface area contributed by atoms with Crippen molar-refractivity contribution in [2.24, 2.45) is 0 Å². The largest absolute Gasteiger partial charge is 0.457 e. The topological polar surface area (TPSA) is 44.2 Å². The quantitative estimate of drug-likeness (QED) is 0.175. The van der Waals surface area contributed by atoms with E-state index >= 15 is 0 Å². The van der Waals surface area contributed by atoms with E-state index in [-0.39, 0.29) is 48.9 Å². The molecule has 1 aromatic heterocycles. The van der Waals surface area contributed by atoms with Crippen molar-refractivity contribution in [1.29, 1.82) is 0 Å². The third kappa shape index (κ3) is 9.65. The van der Waals surface area contributed by atoms with Crippen LogP contribution < -0.4 is 4.74 Å². The first-order valence-corrected chi connectivity index (χ1v) is 16.4. The number of likely N-dealkylation sites (N-methyl/N-ethyl adjacent to an activating group) is 1. The van der Waals surface area contributed by atoms with Crippen LogP contribution in [0.1, 0.15) is 33.6 Å². The minimum atomic E-state index is -0.204. The summed E-state index contributed by atoms with van der Waals surface area (Å²) in [6.45, 7) is 15.1. The van der Waals surface area contributed by atoms with Crippen LogP contribution in [-0.4, -0.2) is 103 Å². The summed E-state index contributed by atoms with van der Waals surface area (Å²) in [6.07, 6.45) is 2.01. The summed E-state index contributed by atoms with van der Waals surface area (Å²) >= 11 is 0. The van der Waals surface area contributed by atoms with E-state index in [1.54, 1.807) is 0 Å². The van der Waals surface area contributed by atoms with Gasteiger partial charge in [0, 0.05) is 87.6 Å². The number of aryl methyl sites for hydroxylation is 2. The molecule has 4 aromatic rings. The average molecular weight is 721 g/mol. The van der Waals surface area contributed by atoms with Gasteiger partial charge in [0.1, 0.15) is 17.3 Å². The molecule has 1 amide bonds. The van der Waals surface area contributed by atoms with Crippen molar-refractivity contribution in [2.75, 3.05) is 72.5 Å². The van der Waals surface area contributed by atoms with Crippen LogP contribution in [0.2, 0.25) is 0 Å². The molecule has 0 N–H and O–H groups in total. The molecule has 2 saturated heterocycles. The van der Waals surface area contributed by atoms with Gasteiger partial charge in [-0.05, 0) is 99.9 Å². The van der Waals surface area contributed by atoms with Gasteiger partial charge in [0.15, 0.2) is 0 Å². The summed E-state index contributed by atoms with van der Waals surface area (Å²) in [7, 11) is 2.20. The number of aromatic nitrogens is 1. The molecule has 3 aromatic carbocycles. The Bertz CT molecular complexity index is 1620. The number of benzene rings is 3. The zero-order valence-electron chi connectivity index (χ0n) is 28.2. The number of amides is 1. The second-order valence-electron chi connectivity index (χ2n) is 12.7. The number of carbonyl (C=O) groups excluding carboxylic acids is 1. The van der Waals surface area contributed by atoms with Gasteiger partial charge in [0.2, 0.25) is 0 Å². The first-order chi connectivity index (χ1) is 21.8. The number of hydrogen-bond donors (Lipinski definition) is 0.